The third kappa shape index (κ3) is 3.11. The Kier molecular flexibility index (Phi) is 3.70. The minimum Gasteiger partial charge on any atom is -0.505 e. The smallest absolute Gasteiger partial charge is 0.234 e. The van der Waals surface area contributed by atoms with Gasteiger partial charge in [0.25, 0.3) is 0 Å². The van der Waals surface area contributed by atoms with Gasteiger partial charge in [0.1, 0.15) is 0 Å². The van der Waals surface area contributed by atoms with E-state index in [9.17, 15) is 9.18 Å². The van der Waals surface area contributed by atoms with E-state index in [1.807, 2.05) is 18.2 Å². The lowest BCUT2D eigenvalue weighted by Gasteiger charge is -2.17. The van der Waals surface area contributed by atoms with Gasteiger partial charge in [-0.3, -0.25) is 4.79 Å². The molecule has 3 rings (SSSR count). The van der Waals surface area contributed by atoms with Crippen LogP contribution in [0, 0.1) is 5.82 Å². The van der Waals surface area contributed by atoms with Crippen LogP contribution in [0.1, 0.15) is 5.56 Å². The van der Waals surface area contributed by atoms with Gasteiger partial charge in [0.2, 0.25) is 5.91 Å². The summed E-state index contributed by atoms with van der Waals surface area (Å²) in [4.78, 5) is 12.4. The Morgan fingerprint density at radius 2 is 2.14 bits per heavy atom. The number of amides is 1. The number of carbonyl (C=O) groups is 1. The number of hydrogen-bond donors (Lipinski definition) is 3. The largest absolute Gasteiger partial charge is 0.505 e. The molecule has 2 aromatic carbocycles. The van der Waals surface area contributed by atoms with Crippen LogP contribution in [0.4, 0.5) is 15.8 Å². The molecule has 0 atom stereocenters. The second kappa shape index (κ2) is 5.65. The summed E-state index contributed by atoms with van der Waals surface area (Å²) in [6.45, 7) is 0.428. The van der Waals surface area contributed by atoms with E-state index in [1.54, 1.807) is 6.07 Å². The summed E-state index contributed by atoms with van der Waals surface area (Å²) in [5, 5.41) is 15.1. The van der Waals surface area contributed by atoms with Crippen LogP contribution in [0.25, 0.3) is 0 Å². The second-order valence-corrected chi connectivity index (χ2v) is 5.70. The molecule has 0 aliphatic carbocycles. The molecule has 4 nitrogen and oxygen atoms in total. The highest BCUT2D eigenvalue weighted by molar-refractivity contribution is 8.00. The third-order valence-electron chi connectivity index (χ3n) is 3.12. The Labute approximate surface area is 125 Å². The van der Waals surface area contributed by atoms with E-state index in [1.165, 1.54) is 23.9 Å². The maximum absolute atomic E-state index is 13.2. The first kappa shape index (κ1) is 13.8. The van der Waals surface area contributed by atoms with Crippen molar-refractivity contribution >= 4 is 29.0 Å². The van der Waals surface area contributed by atoms with Gasteiger partial charge in [-0.15, -0.1) is 11.8 Å². The van der Waals surface area contributed by atoms with Crippen molar-refractivity contribution < 1.29 is 14.3 Å². The van der Waals surface area contributed by atoms with Crippen molar-refractivity contribution in [2.24, 2.45) is 0 Å². The lowest BCUT2D eigenvalue weighted by atomic mass is 10.2. The van der Waals surface area contributed by atoms with Gasteiger partial charge in [-0.1, -0.05) is 6.07 Å². The number of thioether (sulfide) groups is 1. The van der Waals surface area contributed by atoms with Crippen LogP contribution in [0.5, 0.6) is 5.75 Å². The third-order valence-corrected chi connectivity index (χ3v) is 4.19. The first-order valence-corrected chi connectivity index (χ1v) is 7.38. The van der Waals surface area contributed by atoms with Crippen molar-refractivity contribution in [3.8, 4) is 5.75 Å². The average molecular weight is 304 g/mol. The van der Waals surface area contributed by atoms with Gasteiger partial charge >= 0.3 is 0 Å². The van der Waals surface area contributed by atoms with Gasteiger partial charge in [0.15, 0.2) is 11.6 Å². The van der Waals surface area contributed by atoms with E-state index in [0.29, 0.717) is 12.3 Å². The van der Waals surface area contributed by atoms with Crippen molar-refractivity contribution in [1.29, 1.82) is 0 Å². The molecular formula is C15H13FN2O2S. The first-order valence-electron chi connectivity index (χ1n) is 6.40. The van der Waals surface area contributed by atoms with Crippen molar-refractivity contribution in [3.63, 3.8) is 0 Å². The van der Waals surface area contributed by atoms with Crippen molar-refractivity contribution in [2.45, 2.75) is 11.4 Å². The van der Waals surface area contributed by atoms with Crippen molar-refractivity contribution in [1.82, 2.24) is 0 Å². The molecular weight excluding hydrogens is 291 g/mol. The number of carbonyl (C=O) groups excluding carboxylic acids is 1. The molecule has 1 heterocycles. The van der Waals surface area contributed by atoms with Gasteiger partial charge in [0, 0.05) is 17.1 Å². The lowest BCUT2D eigenvalue weighted by Crippen LogP contribution is -2.18. The Bertz CT molecular complexity index is 706. The first-order chi connectivity index (χ1) is 10.1. The van der Waals surface area contributed by atoms with Gasteiger partial charge in [-0.05, 0) is 35.9 Å². The molecule has 0 saturated heterocycles. The zero-order valence-electron chi connectivity index (χ0n) is 11.0. The molecule has 1 aliphatic rings. The fourth-order valence-corrected chi connectivity index (χ4v) is 2.85. The Balaban J connectivity index is 1.72. The Hall–Kier alpha value is -2.21. The molecule has 1 amide bonds. The Morgan fingerprint density at radius 1 is 1.29 bits per heavy atom. The second-order valence-electron chi connectivity index (χ2n) is 4.69. The van der Waals surface area contributed by atoms with E-state index < -0.39 is 5.82 Å². The lowest BCUT2D eigenvalue weighted by molar-refractivity contribution is -0.113. The number of nitrogens with one attached hydrogen (secondary N) is 2. The minimum absolute atomic E-state index is 0.00902. The number of halogens is 1. The minimum atomic E-state index is -0.636. The average Bonchev–Trinajstić information content (AvgIpc) is 2.48. The number of aromatic hydroxyl groups is 1. The number of rotatable bonds is 3. The zero-order chi connectivity index (χ0) is 14.8. The van der Waals surface area contributed by atoms with Crippen LogP contribution < -0.4 is 10.6 Å². The standard InChI is InChI=1S/C15H13FN2O2S/c16-11-5-9(1-3-13(11)19)7-17-10-2-4-14-12(6-10)18-15(20)8-21-14/h1-6,17,19H,7-8H2,(H,18,20). The van der Waals surface area contributed by atoms with E-state index in [0.717, 1.165) is 21.8 Å². The summed E-state index contributed by atoms with van der Waals surface area (Å²) < 4.78 is 13.2. The van der Waals surface area contributed by atoms with E-state index in [-0.39, 0.29) is 11.7 Å². The summed E-state index contributed by atoms with van der Waals surface area (Å²) in [7, 11) is 0. The van der Waals surface area contributed by atoms with E-state index >= 15 is 0 Å². The zero-order valence-corrected chi connectivity index (χ0v) is 11.8. The number of fused-ring (bicyclic) bond motifs is 1. The maximum atomic E-state index is 13.2. The quantitative estimate of drug-likeness (QED) is 0.815. The molecule has 0 unspecified atom stereocenters. The summed E-state index contributed by atoms with van der Waals surface area (Å²) in [5.41, 5.74) is 2.35. The van der Waals surface area contributed by atoms with Crippen LogP contribution >= 0.6 is 11.8 Å². The predicted molar refractivity (Wildman–Crippen MR) is 81.2 cm³/mol. The molecule has 1 aliphatic heterocycles. The van der Waals surface area contributed by atoms with Crippen LogP contribution in [-0.4, -0.2) is 16.8 Å². The molecule has 0 saturated carbocycles. The van der Waals surface area contributed by atoms with Crippen LogP contribution in [0.15, 0.2) is 41.3 Å². The summed E-state index contributed by atoms with van der Waals surface area (Å²) in [6.07, 6.45) is 0. The molecule has 2 aromatic rings. The molecule has 6 heteroatoms. The summed E-state index contributed by atoms with van der Waals surface area (Å²) >= 11 is 1.51. The molecule has 108 valence electrons. The van der Waals surface area contributed by atoms with Crippen molar-refractivity contribution in [2.75, 3.05) is 16.4 Å². The normalized spacial score (nSPS) is 13.5. The molecule has 0 radical (unpaired) electrons. The highest BCUT2D eigenvalue weighted by Gasteiger charge is 2.15. The Morgan fingerprint density at radius 3 is 2.95 bits per heavy atom. The van der Waals surface area contributed by atoms with Gasteiger partial charge in [0.05, 0.1) is 11.4 Å². The van der Waals surface area contributed by atoms with Crippen molar-refractivity contribution in [3.05, 3.63) is 47.8 Å². The monoisotopic (exact) mass is 304 g/mol. The van der Waals surface area contributed by atoms with Crippen LogP contribution in [0.2, 0.25) is 0 Å². The van der Waals surface area contributed by atoms with E-state index in [2.05, 4.69) is 10.6 Å². The number of anilines is 2. The number of hydrogen-bond acceptors (Lipinski definition) is 4. The molecule has 0 bridgehead atoms. The summed E-state index contributed by atoms with van der Waals surface area (Å²) in [5.74, 6) is -0.562. The molecule has 21 heavy (non-hydrogen) atoms. The van der Waals surface area contributed by atoms with Crippen LogP contribution in [-0.2, 0) is 11.3 Å². The van der Waals surface area contributed by atoms with Gasteiger partial charge in [-0.2, -0.15) is 0 Å². The van der Waals surface area contributed by atoms with Crippen LogP contribution in [0.3, 0.4) is 0 Å². The predicted octanol–water partition coefficient (Wildman–Crippen LogP) is 3.19. The molecule has 0 aromatic heterocycles. The van der Waals surface area contributed by atoms with E-state index in [4.69, 9.17) is 5.11 Å². The SMILES string of the molecule is O=C1CSc2ccc(NCc3ccc(O)c(F)c3)cc2N1. The van der Waals surface area contributed by atoms with Gasteiger partial charge in [-0.25, -0.2) is 4.39 Å². The fourth-order valence-electron chi connectivity index (χ4n) is 2.06. The fraction of sp³-hybridized carbons (Fsp3) is 0.133. The number of phenols is 1. The molecule has 3 N–H and O–H groups in total. The summed E-state index contributed by atoms with van der Waals surface area (Å²) in [6, 6.07) is 9.99. The highest BCUT2D eigenvalue weighted by atomic mass is 32.2. The maximum Gasteiger partial charge on any atom is 0.234 e. The molecule has 0 fully saturated rings. The number of benzene rings is 2. The highest BCUT2D eigenvalue weighted by Crippen LogP contribution is 2.33. The number of phenolic OH excluding ortho intramolecular Hbond substituents is 1. The topological polar surface area (TPSA) is 61.4 Å². The molecule has 0 spiro atoms. The van der Waals surface area contributed by atoms with Gasteiger partial charge < -0.3 is 15.7 Å².